The van der Waals surface area contributed by atoms with Crippen LogP contribution < -0.4 is 10.9 Å². The highest BCUT2D eigenvalue weighted by molar-refractivity contribution is 5.92. The largest absolute Gasteiger partial charge is 0.398 e. The van der Waals surface area contributed by atoms with Gasteiger partial charge < -0.3 is 10.3 Å². The van der Waals surface area contributed by atoms with E-state index in [-0.39, 0.29) is 29.9 Å². The van der Waals surface area contributed by atoms with Crippen molar-refractivity contribution in [2.45, 2.75) is 37.4 Å². The zero-order chi connectivity index (χ0) is 22.2. The third-order valence-corrected chi connectivity index (χ3v) is 5.63. The number of H-pyrrole nitrogens is 1. The molecule has 4 rings (SSSR count). The van der Waals surface area contributed by atoms with Crippen LogP contribution in [0, 0.1) is 0 Å². The van der Waals surface area contributed by atoms with Crippen LogP contribution in [0.25, 0.3) is 11.4 Å². The Morgan fingerprint density at radius 2 is 1.74 bits per heavy atom. The number of amides is 1. The lowest BCUT2D eigenvalue weighted by Crippen LogP contribution is -2.30. The average molecular weight is 427 g/mol. The highest BCUT2D eigenvalue weighted by Crippen LogP contribution is 2.58. The smallest absolute Gasteiger partial charge is 0.344 e. The molecule has 0 bridgehead atoms. The Balaban J connectivity index is 1.50. The topological polar surface area (TPSA) is 74.8 Å². The molecule has 1 aliphatic carbocycles. The molecule has 1 amide bonds. The van der Waals surface area contributed by atoms with E-state index in [1.54, 1.807) is 43.3 Å². The van der Waals surface area contributed by atoms with Gasteiger partial charge in [0.1, 0.15) is 11.5 Å². The number of nitrogens with zero attached hydrogens (tertiary/aromatic N) is 1. The van der Waals surface area contributed by atoms with E-state index >= 15 is 0 Å². The minimum atomic E-state index is -4.27. The molecule has 160 valence electrons. The van der Waals surface area contributed by atoms with E-state index in [1.807, 2.05) is 6.07 Å². The Kier molecular flexibility index (Phi) is 5.16. The Hall–Kier alpha value is -3.42. The van der Waals surface area contributed by atoms with Gasteiger partial charge in [-0.25, -0.2) is 4.98 Å². The van der Waals surface area contributed by atoms with Gasteiger partial charge in [0.15, 0.2) is 0 Å². The number of carbonyl (C=O) groups is 1. The lowest BCUT2D eigenvalue weighted by Gasteiger charge is -2.21. The van der Waals surface area contributed by atoms with Gasteiger partial charge in [-0.15, -0.1) is 0 Å². The maximum Gasteiger partial charge on any atom is 0.398 e. The van der Waals surface area contributed by atoms with E-state index in [0.29, 0.717) is 11.1 Å². The van der Waals surface area contributed by atoms with Crippen molar-refractivity contribution in [3.63, 3.8) is 0 Å². The van der Waals surface area contributed by atoms with Crippen molar-refractivity contribution in [1.82, 2.24) is 15.3 Å². The number of carbonyl (C=O) groups excluding carboxylic acids is 1. The molecule has 2 N–H and O–H groups in total. The molecule has 31 heavy (non-hydrogen) atoms. The van der Waals surface area contributed by atoms with Crippen molar-refractivity contribution in [1.29, 1.82) is 0 Å². The maximum atomic E-state index is 13.3. The van der Waals surface area contributed by atoms with Crippen molar-refractivity contribution in [3.8, 4) is 11.4 Å². The number of halogens is 3. The Morgan fingerprint density at radius 3 is 2.32 bits per heavy atom. The molecule has 1 atom stereocenters. The normalized spacial score (nSPS) is 15.9. The van der Waals surface area contributed by atoms with Gasteiger partial charge in [0.25, 0.3) is 11.5 Å². The molecule has 0 unspecified atom stereocenters. The molecule has 2 aromatic carbocycles. The number of hydrogen-bond donors (Lipinski definition) is 2. The molecule has 1 heterocycles. The van der Waals surface area contributed by atoms with Crippen LogP contribution in [0.2, 0.25) is 0 Å². The number of benzene rings is 2. The van der Waals surface area contributed by atoms with Crippen LogP contribution in [-0.4, -0.2) is 22.1 Å². The highest BCUT2D eigenvalue weighted by atomic mass is 19.4. The fourth-order valence-electron chi connectivity index (χ4n) is 3.61. The number of aromatic nitrogens is 2. The fraction of sp³-hybridized carbons (Fsp3) is 0.261. The van der Waals surface area contributed by atoms with Crippen molar-refractivity contribution in [2.75, 3.05) is 0 Å². The molecule has 0 spiro atoms. The van der Waals surface area contributed by atoms with Crippen molar-refractivity contribution >= 4 is 5.91 Å². The van der Waals surface area contributed by atoms with Gasteiger partial charge in [-0.2, -0.15) is 13.2 Å². The Labute approximate surface area is 176 Å². The third-order valence-electron chi connectivity index (χ3n) is 5.63. The molecule has 1 saturated carbocycles. The number of rotatable bonds is 5. The molecule has 0 aliphatic heterocycles. The lowest BCUT2D eigenvalue weighted by atomic mass is 9.93. The van der Waals surface area contributed by atoms with E-state index in [9.17, 15) is 22.8 Å². The van der Waals surface area contributed by atoms with Crippen LogP contribution in [0.3, 0.4) is 0 Å². The zero-order valence-electron chi connectivity index (χ0n) is 16.7. The summed E-state index contributed by atoms with van der Waals surface area (Å²) in [6.45, 7) is 1.72. The summed E-state index contributed by atoms with van der Waals surface area (Å²) in [7, 11) is 0. The van der Waals surface area contributed by atoms with Gasteiger partial charge in [-0.1, -0.05) is 54.6 Å². The number of alkyl halides is 3. The average Bonchev–Trinajstić information content (AvgIpc) is 3.56. The minimum absolute atomic E-state index is 0.0416. The molecule has 3 aromatic rings. The van der Waals surface area contributed by atoms with E-state index in [2.05, 4.69) is 15.3 Å². The van der Waals surface area contributed by atoms with Crippen molar-refractivity contribution < 1.29 is 18.0 Å². The molecular weight excluding hydrogens is 407 g/mol. The SMILES string of the molecule is C[C@@H](NC(=O)c1cc(=O)[nH]c(-c2ccccc2)n1)c1ccc(C2(C(F)(F)F)CC2)cc1. The molecule has 0 radical (unpaired) electrons. The summed E-state index contributed by atoms with van der Waals surface area (Å²) in [6, 6.07) is 15.7. The van der Waals surface area contributed by atoms with Crippen LogP contribution in [0.5, 0.6) is 0 Å². The second-order valence-electron chi connectivity index (χ2n) is 7.74. The van der Waals surface area contributed by atoms with Crippen LogP contribution >= 0.6 is 0 Å². The summed E-state index contributed by atoms with van der Waals surface area (Å²) in [6.07, 6.45) is -4.07. The summed E-state index contributed by atoms with van der Waals surface area (Å²) in [5.41, 5.74) is -0.676. The predicted molar refractivity (Wildman–Crippen MR) is 110 cm³/mol. The Morgan fingerprint density at radius 1 is 1.10 bits per heavy atom. The molecule has 1 aromatic heterocycles. The maximum absolute atomic E-state index is 13.3. The summed E-state index contributed by atoms with van der Waals surface area (Å²) in [5, 5.41) is 2.75. The highest BCUT2D eigenvalue weighted by Gasteiger charge is 2.64. The molecule has 8 heteroatoms. The van der Waals surface area contributed by atoms with Gasteiger partial charge in [0.2, 0.25) is 0 Å². The molecular formula is C23H20F3N3O2. The van der Waals surface area contributed by atoms with Crippen molar-refractivity contribution in [2.24, 2.45) is 0 Å². The molecule has 5 nitrogen and oxygen atoms in total. The summed E-state index contributed by atoms with van der Waals surface area (Å²) < 4.78 is 39.9. The number of nitrogens with one attached hydrogen (secondary N) is 2. The Bertz CT molecular complexity index is 1150. The van der Waals surface area contributed by atoms with E-state index < -0.39 is 29.1 Å². The number of aromatic amines is 1. The second-order valence-corrected chi connectivity index (χ2v) is 7.74. The lowest BCUT2D eigenvalue weighted by molar-refractivity contribution is -0.160. The first-order chi connectivity index (χ1) is 14.7. The minimum Gasteiger partial charge on any atom is -0.344 e. The summed E-state index contributed by atoms with van der Waals surface area (Å²) in [5.74, 6) is -0.272. The fourth-order valence-corrected chi connectivity index (χ4v) is 3.61. The van der Waals surface area contributed by atoms with Gasteiger partial charge >= 0.3 is 6.18 Å². The second kappa shape index (κ2) is 7.68. The molecule has 0 saturated heterocycles. The molecule has 1 aliphatic rings. The monoisotopic (exact) mass is 427 g/mol. The van der Waals surface area contributed by atoms with Crippen LogP contribution in [0.4, 0.5) is 13.2 Å². The van der Waals surface area contributed by atoms with Crippen molar-refractivity contribution in [3.05, 3.63) is 87.8 Å². The third kappa shape index (κ3) is 4.10. The van der Waals surface area contributed by atoms with E-state index in [4.69, 9.17) is 0 Å². The van der Waals surface area contributed by atoms with Crippen LogP contribution in [0.1, 0.15) is 47.4 Å². The van der Waals surface area contributed by atoms with Crippen LogP contribution in [-0.2, 0) is 5.41 Å². The van der Waals surface area contributed by atoms with Gasteiger partial charge in [-0.3, -0.25) is 9.59 Å². The predicted octanol–water partition coefficient (Wildman–Crippen LogP) is 4.52. The zero-order valence-corrected chi connectivity index (χ0v) is 16.7. The van der Waals surface area contributed by atoms with Gasteiger partial charge in [0, 0.05) is 11.6 Å². The molecule has 1 fully saturated rings. The summed E-state index contributed by atoms with van der Waals surface area (Å²) >= 11 is 0. The first kappa shape index (κ1) is 20.8. The first-order valence-corrected chi connectivity index (χ1v) is 9.84. The standard InChI is InChI=1S/C23H20F3N3O2/c1-14(15-7-9-17(10-8-15)22(11-12-22)23(24,25)26)27-21(31)18-13-19(30)29-20(28-18)16-5-3-2-4-6-16/h2-10,13-14H,11-12H2,1H3,(H,27,31)(H,28,29,30)/t14-/m1/s1. The first-order valence-electron chi connectivity index (χ1n) is 9.84. The summed E-state index contributed by atoms with van der Waals surface area (Å²) in [4.78, 5) is 31.5. The van der Waals surface area contributed by atoms with E-state index in [1.165, 1.54) is 12.1 Å². The van der Waals surface area contributed by atoms with Gasteiger partial charge in [-0.05, 0) is 30.9 Å². The van der Waals surface area contributed by atoms with E-state index in [0.717, 1.165) is 6.07 Å². The van der Waals surface area contributed by atoms with Gasteiger partial charge in [0.05, 0.1) is 11.5 Å². The number of hydrogen-bond acceptors (Lipinski definition) is 3. The van der Waals surface area contributed by atoms with Crippen LogP contribution in [0.15, 0.2) is 65.5 Å². The quantitative estimate of drug-likeness (QED) is 0.629.